The summed E-state index contributed by atoms with van der Waals surface area (Å²) in [6, 6.07) is 10.5. The van der Waals surface area contributed by atoms with Crippen LogP contribution in [0.2, 0.25) is 10.0 Å². The molecule has 1 aromatic carbocycles. The van der Waals surface area contributed by atoms with Gasteiger partial charge in [0.2, 0.25) is 0 Å². The molecule has 2 heterocycles. The lowest BCUT2D eigenvalue weighted by molar-refractivity contribution is 0.0920. The molecule has 6 nitrogen and oxygen atoms in total. The van der Waals surface area contributed by atoms with E-state index in [9.17, 15) is 4.79 Å². The summed E-state index contributed by atoms with van der Waals surface area (Å²) in [7, 11) is 0. The van der Waals surface area contributed by atoms with E-state index in [1.807, 2.05) is 30.7 Å². The third-order valence-corrected chi connectivity index (χ3v) is 5.08. The van der Waals surface area contributed by atoms with Crippen LogP contribution in [0.4, 0.5) is 0 Å². The van der Waals surface area contributed by atoms with Gasteiger partial charge in [0.1, 0.15) is 18.1 Å². The summed E-state index contributed by atoms with van der Waals surface area (Å²) >= 11 is 12.2. The number of hydrogen-bond acceptors (Lipinski definition) is 4. The Labute approximate surface area is 173 Å². The van der Waals surface area contributed by atoms with E-state index in [4.69, 9.17) is 32.4 Å². The number of ether oxygens (including phenoxy) is 1. The second-order valence-electron chi connectivity index (χ2n) is 6.30. The average Bonchev–Trinajstić information content (AvgIpc) is 3.25. The average molecular weight is 422 g/mol. The van der Waals surface area contributed by atoms with Crippen LogP contribution in [0.25, 0.3) is 0 Å². The summed E-state index contributed by atoms with van der Waals surface area (Å²) in [6.45, 7) is 5.17. The van der Waals surface area contributed by atoms with Crippen molar-refractivity contribution in [3.8, 4) is 5.75 Å². The maximum Gasteiger partial charge on any atom is 0.286 e. The van der Waals surface area contributed by atoms with E-state index in [1.54, 1.807) is 24.3 Å². The van der Waals surface area contributed by atoms with Crippen LogP contribution < -0.4 is 10.1 Å². The molecule has 0 aliphatic heterocycles. The SMILES string of the molecule is Cc1nn(CCCNC(=O)c2ccc(COc3ccccc3Cl)o2)c(C)c1Cl. The minimum Gasteiger partial charge on any atom is -0.484 e. The van der Waals surface area contributed by atoms with Gasteiger partial charge in [-0.1, -0.05) is 35.3 Å². The van der Waals surface area contributed by atoms with Crippen molar-refractivity contribution >= 4 is 29.1 Å². The third-order valence-electron chi connectivity index (χ3n) is 4.22. The monoisotopic (exact) mass is 421 g/mol. The van der Waals surface area contributed by atoms with Crippen molar-refractivity contribution in [3.63, 3.8) is 0 Å². The van der Waals surface area contributed by atoms with E-state index < -0.39 is 0 Å². The standard InChI is InChI=1S/C20H21Cl2N3O3/c1-13-19(22)14(2)25(24-13)11-5-10-23-20(26)18-9-8-15(28-18)12-27-17-7-4-3-6-16(17)21/h3-4,6-9H,5,10-12H2,1-2H3,(H,23,26). The Morgan fingerprint density at radius 1 is 1.21 bits per heavy atom. The second kappa shape index (κ2) is 9.17. The molecule has 28 heavy (non-hydrogen) atoms. The number of aromatic nitrogens is 2. The first-order valence-corrected chi connectivity index (χ1v) is 9.65. The molecular weight excluding hydrogens is 401 g/mol. The number of carbonyl (C=O) groups excluding carboxylic acids is 1. The lowest BCUT2D eigenvalue weighted by Gasteiger charge is -2.06. The Bertz CT molecular complexity index is 966. The molecule has 0 radical (unpaired) electrons. The van der Waals surface area contributed by atoms with Crippen molar-refractivity contribution in [1.82, 2.24) is 15.1 Å². The summed E-state index contributed by atoms with van der Waals surface area (Å²) < 4.78 is 13.0. The molecular formula is C20H21Cl2N3O3. The number of amides is 1. The molecule has 0 saturated heterocycles. The molecule has 0 spiro atoms. The molecule has 0 fully saturated rings. The molecule has 0 aliphatic rings. The van der Waals surface area contributed by atoms with Crippen molar-refractivity contribution in [3.05, 3.63) is 69.4 Å². The van der Waals surface area contributed by atoms with E-state index in [2.05, 4.69) is 10.4 Å². The summed E-state index contributed by atoms with van der Waals surface area (Å²) in [5.74, 6) is 1.08. The van der Waals surface area contributed by atoms with Crippen molar-refractivity contribution < 1.29 is 13.9 Å². The lowest BCUT2D eigenvalue weighted by Crippen LogP contribution is -2.25. The van der Waals surface area contributed by atoms with Crippen molar-refractivity contribution in [2.24, 2.45) is 0 Å². The summed E-state index contributed by atoms with van der Waals surface area (Å²) in [4.78, 5) is 12.2. The van der Waals surface area contributed by atoms with E-state index in [-0.39, 0.29) is 18.3 Å². The van der Waals surface area contributed by atoms with Crippen molar-refractivity contribution in [2.45, 2.75) is 33.4 Å². The predicted molar refractivity (Wildman–Crippen MR) is 108 cm³/mol. The zero-order chi connectivity index (χ0) is 20.1. The van der Waals surface area contributed by atoms with Crippen LogP contribution in [-0.2, 0) is 13.2 Å². The number of nitrogens with one attached hydrogen (secondary N) is 1. The first-order chi connectivity index (χ1) is 13.5. The highest BCUT2D eigenvalue weighted by atomic mass is 35.5. The highest BCUT2D eigenvalue weighted by Gasteiger charge is 2.12. The Morgan fingerprint density at radius 2 is 2.00 bits per heavy atom. The van der Waals surface area contributed by atoms with E-state index in [0.29, 0.717) is 34.6 Å². The first kappa shape index (κ1) is 20.3. The Hall–Kier alpha value is -2.44. The number of hydrogen-bond donors (Lipinski definition) is 1. The maximum atomic E-state index is 12.2. The highest BCUT2D eigenvalue weighted by Crippen LogP contribution is 2.24. The molecule has 3 aromatic rings. The number of aryl methyl sites for hydroxylation is 2. The van der Waals surface area contributed by atoms with Crippen molar-refractivity contribution in [2.75, 3.05) is 6.54 Å². The number of rotatable bonds is 8. The number of para-hydroxylation sites is 1. The molecule has 0 unspecified atom stereocenters. The number of halogens is 2. The molecule has 148 valence electrons. The maximum absolute atomic E-state index is 12.2. The van der Waals surface area contributed by atoms with Crippen LogP contribution in [0.1, 0.15) is 34.1 Å². The normalized spacial score (nSPS) is 10.9. The predicted octanol–water partition coefficient (Wildman–Crippen LogP) is 4.80. The van der Waals surface area contributed by atoms with Crippen LogP contribution in [0.5, 0.6) is 5.75 Å². The summed E-state index contributed by atoms with van der Waals surface area (Å²) in [5, 5.41) is 8.42. The van der Waals surface area contributed by atoms with Gasteiger partial charge in [-0.05, 0) is 44.5 Å². The van der Waals surface area contributed by atoms with E-state index >= 15 is 0 Å². The number of nitrogens with zero attached hydrogens (tertiary/aromatic N) is 2. The molecule has 2 aromatic heterocycles. The second-order valence-corrected chi connectivity index (χ2v) is 7.09. The zero-order valence-electron chi connectivity index (χ0n) is 15.7. The van der Waals surface area contributed by atoms with Gasteiger partial charge in [0.05, 0.1) is 21.4 Å². The van der Waals surface area contributed by atoms with Gasteiger partial charge in [0.25, 0.3) is 5.91 Å². The van der Waals surface area contributed by atoms with Crippen LogP contribution in [0.15, 0.2) is 40.8 Å². The Kier molecular flexibility index (Phi) is 6.65. The van der Waals surface area contributed by atoms with Crippen LogP contribution in [0.3, 0.4) is 0 Å². The van der Waals surface area contributed by atoms with Crippen LogP contribution in [-0.4, -0.2) is 22.2 Å². The lowest BCUT2D eigenvalue weighted by atomic mass is 10.3. The van der Waals surface area contributed by atoms with Gasteiger partial charge in [-0.2, -0.15) is 5.10 Å². The molecule has 1 N–H and O–H groups in total. The number of benzene rings is 1. The summed E-state index contributed by atoms with van der Waals surface area (Å²) in [6.07, 6.45) is 0.729. The molecule has 0 aliphatic carbocycles. The minimum atomic E-state index is -0.268. The van der Waals surface area contributed by atoms with E-state index in [0.717, 1.165) is 17.8 Å². The molecule has 0 atom stereocenters. The van der Waals surface area contributed by atoms with Crippen LogP contribution in [0, 0.1) is 13.8 Å². The Morgan fingerprint density at radius 3 is 2.71 bits per heavy atom. The fourth-order valence-corrected chi connectivity index (χ4v) is 3.02. The van der Waals surface area contributed by atoms with Gasteiger partial charge >= 0.3 is 0 Å². The van der Waals surface area contributed by atoms with Gasteiger partial charge in [-0.25, -0.2) is 0 Å². The molecule has 3 rings (SSSR count). The minimum absolute atomic E-state index is 0.190. The zero-order valence-corrected chi connectivity index (χ0v) is 17.2. The molecule has 1 amide bonds. The van der Waals surface area contributed by atoms with Crippen LogP contribution >= 0.6 is 23.2 Å². The topological polar surface area (TPSA) is 69.3 Å². The number of carbonyl (C=O) groups is 1. The highest BCUT2D eigenvalue weighted by molar-refractivity contribution is 6.32. The largest absolute Gasteiger partial charge is 0.484 e. The summed E-state index contributed by atoms with van der Waals surface area (Å²) in [5.41, 5.74) is 1.74. The fourth-order valence-electron chi connectivity index (χ4n) is 2.70. The molecule has 0 bridgehead atoms. The molecule has 0 saturated carbocycles. The van der Waals surface area contributed by atoms with Gasteiger partial charge < -0.3 is 14.5 Å². The smallest absolute Gasteiger partial charge is 0.286 e. The Balaban J connectivity index is 1.45. The van der Waals surface area contributed by atoms with E-state index in [1.165, 1.54) is 0 Å². The van der Waals surface area contributed by atoms with Gasteiger partial charge in [-0.15, -0.1) is 0 Å². The quantitative estimate of drug-likeness (QED) is 0.530. The van der Waals surface area contributed by atoms with Gasteiger partial charge in [0.15, 0.2) is 5.76 Å². The van der Waals surface area contributed by atoms with Gasteiger partial charge in [-0.3, -0.25) is 9.48 Å². The van der Waals surface area contributed by atoms with Gasteiger partial charge in [0, 0.05) is 13.1 Å². The van der Waals surface area contributed by atoms with Crippen molar-refractivity contribution in [1.29, 1.82) is 0 Å². The fraction of sp³-hybridized carbons (Fsp3) is 0.300. The number of furan rings is 1. The first-order valence-electron chi connectivity index (χ1n) is 8.89. The molecule has 8 heteroatoms. The third kappa shape index (κ3) is 4.88.